The van der Waals surface area contributed by atoms with Gasteiger partial charge in [0.05, 0.1) is 6.54 Å². The Labute approximate surface area is 127 Å². The molecule has 0 radical (unpaired) electrons. The van der Waals surface area contributed by atoms with Gasteiger partial charge in [0.2, 0.25) is 0 Å². The summed E-state index contributed by atoms with van der Waals surface area (Å²) in [7, 11) is 1.91. The Balaban J connectivity index is 1.79. The molecule has 1 aromatic carbocycles. The highest BCUT2D eigenvalue weighted by Gasteiger charge is 2.23. The topological polar surface area (TPSA) is 43.8 Å². The molecule has 1 heterocycles. The van der Waals surface area contributed by atoms with Crippen molar-refractivity contribution in [2.75, 3.05) is 26.7 Å². The van der Waals surface area contributed by atoms with Crippen molar-refractivity contribution >= 4 is 5.97 Å². The van der Waals surface area contributed by atoms with Gasteiger partial charge in [0.15, 0.2) is 0 Å². The second-order valence-corrected chi connectivity index (χ2v) is 5.99. The van der Waals surface area contributed by atoms with Crippen LogP contribution in [-0.2, 0) is 17.8 Å². The maximum Gasteiger partial charge on any atom is 0.317 e. The van der Waals surface area contributed by atoms with Gasteiger partial charge in [-0.05, 0) is 50.5 Å². The molecule has 0 bridgehead atoms. The summed E-state index contributed by atoms with van der Waals surface area (Å²) in [5, 5.41) is 8.85. The van der Waals surface area contributed by atoms with Crippen molar-refractivity contribution in [3.63, 3.8) is 0 Å². The number of carboxylic acid groups (broad SMARTS) is 1. The third-order valence-electron chi connectivity index (χ3n) is 4.40. The lowest BCUT2D eigenvalue weighted by atomic mass is 10.0. The van der Waals surface area contributed by atoms with Crippen LogP contribution in [0.1, 0.15) is 30.9 Å². The van der Waals surface area contributed by atoms with Gasteiger partial charge < -0.3 is 5.11 Å². The number of carboxylic acids is 1. The number of aliphatic carboxylic acids is 1. The molecule has 1 aliphatic rings. The predicted octanol–water partition coefficient (Wildman–Crippen LogP) is 2.23. The highest BCUT2D eigenvalue weighted by atomic mass is 16.4. The van der Waals surface area contributed by atoms with E-state index < -0.39 is 5.97 Å². The smallest absolute Gasteiger partial charge is 0.317 e. The highest BCUT2D eigenvalue weighted by molar-refractivity contribution is 5.69. The minimum absolute atomic E-state index is 0.142. The minimum Gasteiger partial charge on any atom is -0.480 e. The third-order valence-corrected chi connectivity index (χ3v) is 4.40. The SMILES string of the molecule is CCc1ccc(CN2CCC(N(C)CC(=O)O)CC2)cc1. The first-order valence-electron chi connectivity index (χ1n) is 7.80. The van der Waals surface area contributed by atoms with Crippen LogP contribution in [0.5, 0.6) is 0 Å². The molecule has 1 N–H and O–H groups in total. The molecule has 21 heavy (non-hydrogen) atoms. The van der Waals surface area contributed by atoms with Crippen molar-refractivity contribution in [3.8, 4) is 0 Å². The summed E-state index contributed by atoms with van der Waals surface area (Å²) < 4.78 is 0. The minimum atomic E-state index is -0.740. The van der Waals surface area contributed by atoms with Crippen LogP contribution >= 0.6 is 0 Å². The second kappa shape index (κ2) is 7.57. The number of rotatable bonds is 6. The molecule has 1 aliphatic heterocycles. The van der Waals surface area contributed by atoms with Gasteiger partial charge in [-0.15, -0.1) is 0 Å². The number of benzene rings is 1. The van der Waals surface area contributed by atoms with Crippen LogP contribution in [0.4, 0.5) is 0 Å². The molecule has 0 aromatic heterocycles. The number of likely N-dealkylation sites (N-methyl/N-ethyl adjacent to an activating group) is 1. The monoisotopic (exact) mass is 290 g/mol. The van der Waals surface area contributed by atoms with Crippen LogP contribution in [-0.4, -0.2) is 53.6 Å². The maximum absolute atomic E-state index is 10.8. The zero-order chi connectivity index (χ0) is 15.2. The van der Waals surface area contributed by atoms with Crippen molar-refractivity contribution < 1.29 is 9.90 Å². The van der Waals surface area contributed by atoms with Crippen LogP contribution in [0.2, 0.25) is 0 Å². The number of aryl methyl sites for hydroxylation is 1. The third kappa shape index (κ3) is 4.83. The Kier molecular flexibility index (Phi) is 5.76. The van der Waals surface area contributed by atoms with Gasteiger partial charge in [-0.3, -0.25) is 14.6 Å². The summed E-state index contributed by atoms with van der Waals surface area (Å²) in [5.74, 6) is -0.740. The number of likely N-dealkylation sites (tertiary alicyclic amines) is 1. The van der Waals surface area contributed by atoms with Gasteiger partial charge in [-0.1, -0.05) is 31.2 Å². The fraction of sp³-hybridized carbons (Fsp3) is 0.588. The average molecular weight is 290 g/mol. The molecule has 0 atom stereocenters. The van der Waals surface area contributed by atoms with E-state index in [0.29, 0.717) is 6.04 Å². The number of nitrogens with zero attached hydrogens (tertiary/aromatic N) is 2. The van der Waals surface area contributed by atoms with Gasteiger partial charge in [-0.2, -0.15) is 0 Å². The Morgan fingerprint density at radius 2 is 1.81 bits per heavy atom. The van der Waals surface area contributed by atoms with E-state index in [4.69, 9.17) is 5.11 Å². The largest absolute Gasteiger partial charge is 0.480 e. The molecule has 1 fully saturated rings. The van der Waals surface area contributed by atoms with Crippen LogP contribution < -0.4 is 0 Å². The van der Waals surface area contributed by atoms with Gasteiger partial charge in [0.25, 0.3) is 0 Å². The molecular formula is C17H26N2O2. The number of carbonyl (C=O) groups is 1. The molecule has 1 saturated heterocycles. The summed E-state index contributed by atoms with van der Waals surface area (Å²) in [6.45, 7) is 5.41. The molecule has 1 aromatic rings. The highest BCUT2D eigenvalue weighted by Crippen LogP contribution is 2.17. The molecule has 0 spiro atoms. The molecule has 4 nitrogen and oxygen atoms in total. The van der Waals surface area contributed by atoms with E-state index in [1.165, 1.54) is 11.1 Å². The zero-order valence-electron chi connectivity index (χ0n) is 13.1. The number of piperidine rings is 1. The predicted molar refractivity (Wildman–Crippen MR) is 84.4 cm³/mol. The van der Waals surface area contributed by atoms with Crippen LogP contribution in [0.3, 0.4) is 0 Å². The number of hydrogen-bond donors (Lipinski definition) is 1. The van der Waals surface area contributed by atoms with E-state index in [0.717, 1.165) is 38.9 Å². The molecule has 0 aliphatic carbocycles. The average Bonchev–Trinajstić information content (AvgIpc) is 2.48. The summed E-state index contributed by atoms with van der Waals surface area (Å²) in [6.07, 6.45) is 3.19. The van der Waals surface area contributed by atoms with Crippen molar-refractivity contribution in [3.05, 3.63) is 35.4 Å². The van der Waals surface area contributed by atoms with Gasteiger partial charge >= 0.3 is 5.97 Å². The molecule has 0 amide bonds. The Morgan fingerprint density at radius 1 is 1.24 bits per heavy atom. The van der Waals surface area contributed by atoms with Crippen LogP contribution in [0.15, 0.2) is 24.3 Å². The van der Waals surface area contributed by atoms with E-state index >= 15 is 0 Å². The standard InChI is InChI=1S/C17H26N2O2/c1-3-14-4-6-15(7-5-14)12-19-10-8-16(9-11-19)18(2)13-17(20)21/h4-7,16H,3,8-13H2,1-2H3,(H,20,21). The van der Waals surface area contributed by atoms with Crippen molar-refractivity contribution in [2.24, 2.45) is 0 Å². The lowest BCUT2D eigenvalue weighted by Crippen LogP contribution is -2.44. The van der Waals surface area contributed by atoms with Crippen LogP contribution in [0, 0.1) is 0 Å². The molecule has 4 heteroatoms. The molecule has 0 saturated carbocycles. The molecule has 0 unspecified atom stereocenters. The Morgan fingerprint density at radius 3 is 2.33 bits per heavy atom. The maximum atomic E-state index is 10.8. The first kappa shape index (κ1) is 16.0. The van der Waals surface area contributed by atoms with Crippen molar-refractivity contribution in [2.45, 2.75) is 38.8 Å². The summed E-state index contributed by atoms with van der Waals surface area (Å²) in [4.78, 5) is 15.2. The fourth-order valence-corrected chi connectivity index (χ4v) is 3.00. The molecule has 116 valence electrons. The first-order chi connectivity index (χ1) is 10.1. The summed E-state index contributed by atoms with van der Waals surface area (Å²) in [5.41, 5.74) is 2.75. The van der Waals surface area contributed by atoms with E-state index in [1.807, 2.05) is 11.9 Å². The fourth-order valence-electron chi connectivity index (χ4n) is 3.00. The normalized spacial score (nSPS) is 17.3. The van der Waals surface area contributed by atoms with Crippen molar-refractivity contribution in [1.82, 2.24) is 9.80 Å². The van der Waals surface area contributed by atoms with Gasteiger partial charge in [0, 0.05) is 12.6 Å². The number of hydrogen-bond acceptors (Lipinski definition) is 3. The van der Waals surface area contributed by atoms with Gasteiger partial charge in [-0.25, -0.2) is 0 Å². The molecule has 2 rings (SSSR count). The summed E-state index contributed by atoms with van der Waals surface area (Å²) in [6, 6.07) is 9.27. The molecular weight excluding hydrogens is 264 g/mol. The lowest BCUT2D eigenvalue weighted by Gasteiger charge is -2.36. The van der Waals surface area contributed by atoms with Gasteiger partial charge in [0.1, 0.15) is 0 Å². The van der Waals surface area contributed by atoms with E-state index in [-0.39, 0.29) is 6.54 Å². The summed E-state index contributed by atoms with van der Waals surface area (Å²) >= 11 is 0. The van der Waals surface area contributed by atoms with Crippen molar-refractivity contribution in [1.29, 1.82) is 0 Å². The lowest BCUT2D eigenvalue weighted by molar-refractivity contribution is -0.138. The first-order valence-corrected chi connectivity index (χ1v) is 7.80. The van der Waals surface area contributed by atoms with E-state index in [2.05, 4.69) is 36.1 Å². The van der Waals surface area contributed by atoms with E-state index in [1.54, 1.807) is 0 Å². The van der Waals surface area contributed by atoms with Crippen LogP contribution in [0.25, 0.3) is 0 Å². The second-order valence-electron chi connectivity index (χ2n) is 5.99. The Hall–Kier alpha value is -1.39. The quantitative estimate of drug-likeness (QED) is 0.872. The zero-order valence-corrected chi connectivity index (χ0v) is 13.1. The van der Waals surface area contributed by atoms with E-state index in [9.17, 15) is 4.79 Å². The Bertz CT molecular complexity index is 450.